The maximum atomic E-state index is 10.4. The lowest BCUT2D eigenvalue weighted by Crippen LogP contribution is -2.01. The molecule has 0 spiro atoms. The van der Waals surface area contributed by atoms with Crippen LogP contribution in [0.25, 0.3) is 0 Å². The number of hydrogen-bond donors (Lipinski definition) is 1. The third-order valence-electron chi connectivity index (χ3n) is 4.49. The van der Waals surface area contributed by atoms with Crippen LogP contribution in [0.15, 0.2) is 36.4 Å². The minimum Gasteiger partial charge on any atom is -0.507 e. The largest absolute Gasteiger partial charge is 0.507 e. The van der Waals surface area contributed by atoms with Crippen molar-refractivity contribution in [3.05, 3.63) is 58.7 Å². The Bertz CT molecular complexity index is 647. The molecule has 1 unspecified atom stereocenters. The SMILES string of the molecule is CCc1cc(COC)c(O)c(COc2ccc(C(C)CC)cc2)c1. The van der Waals surface area contributed by atoms with Gasteiger partial charge in [0, 0.05) is 18.2 Å². The molecule has 2 aromatic carbocycles. The summed E-state index contributed by atoms with van der Waals surface area (Å²) in [5.41, 5.74) is 4.10. The highest BCUT2D eigenvalue weighted by atomic mass is 16.5. The molecule has 0 aromatic heterocycles. The minimum absolute atomic E-state index is 0.269. The number of rotatable bonds is 8. The predicted molar refractivity (Wildman–Crippen MR) is 97.7 cm³/mol. The van der Waals surface area contributed by atoms with Crippen LogP contribution in [0.2, 0.25) is 0 Å². The maximum Gasteiger partial charge on any atom is 0.127 e. The standard InChI is InChI=1S/C21H28O3/c1-5-15(3)17-7-9-20(10-8-17)24-14-19-12-16(6-2)11-18(13-23-4)21(19)22/h7-12,15,22H,5-6,13-14H2,1-4H3. The van der Waals surface area contributed by atoms with Gasteiger partial charge in [-0.05, 0) is 54.2 Å². The van der Waals surface area contributed by atoms with Crippen molar-refractivity contribution in [2.45, 2.75) is 52.7 Å². The van der Waals surface area contributed by atoms with Gasteiger partial charge in [0.1, 0.15) is 18.1 Å². The smallest absolute Gasteiger partial charge is 0.127 e. The summed E-state index contributed by atoms with van der Waals surface area (Å²) in [5, 5.41) is 10.4. The normalized spacial score (nSPS) is 12.2. The molecule has 3 heteroatoms. The second kappa shape index (κ2) is 8.74. The second-order valence-corrected chi connectivity index (χ2v) is 6.22. The highest BCUT2D eigenvalue weighted by molar-refractivity contribution is 5.43. The number of aryl methyl sites for hydroxylation is 1. The van der Waals surface area contributed by atoms with Crippen molar-refractivity contribution in [1.82, 2.24) is 0 Å². The third-order valence-corrected chi connectivity index (χ3v) is 4.49. The van der Waals surface area contributed by atoms with Crippen LogP contribution in [0.4, 0.5) is 0 Å². The number of ether oxygens (including phenoxy) is 2. The molecule has 0 saturated heterocycles. The zero-order chi connectivity index (χ0) is 17.5. The van der Waals surface area contributed by atoms with E-state index < -0.39 is 0 Å². The number of methoxy groups -OCH3 is 1. The van der Waals surface area contributed by atoms with E-state index in [1.54, 1.807) is 7.11 Å². The van der Waals surface area contributed by atoms with E-state index >= 15 is 0 Å². The first-order valence-electron chi connectivity index (χ1n) is 8.64. The fraction of sp³-hybridized carbons (Fsp3) is 0.429. The first-order valence-corrected chi connectivity index (χ1v) is 8.64. The summed E-state index contributed by atoms with van der Waals surface area (Å²) < 4.78 is 11.0. The molecule has 2 rings (SSSR count). The molecule has 0 aliphatic rings. The van der Waals surface area contributed by atoms with Gasteiger partial charge in [-0.2, -0.15) is 0 Å². The van der Waals surface area contributed by atoms with Gasteiger partial charge in [-0.1, -0.05) is 32.9 Å². The summed E-state index contributed by atoms with van der Waals surface area (Å²) in [7, 11) is 1.63. The Morgan fingerprint density at radius 1 is 1.00 bits per heavy atom. The fourth-order valence-electron chi connectivity index (χ4n) is 2.70. The van der Waals surface area contributed by atoms with Gasteiger partial charge < -0.3 is 14.6 Å². The Balaban J connectivity index is 2.12. The van der Waals surface area contributed by atoms with Crippen molar-refractivity contribution < 1.29 is 14.6 Å². The molecule has 2 aromatic rings. The third kappa shape index (κ3) is 4.51. The zero-order valence-corrected chi connectivity index (χ0v) is 15.1. The first kappa shape index (κ1) is 18.3. The Morgan fingerprint density at radius 3 is 2.17 bits per heavy atom. The molecule has 24 heavy (non-hydrogen) atoms. The molecule has 130 valence electrons. The van der Waals surface area contributed by atoms with Crippen LogP contribution in [0.3, 0.4) is 0 Å². The minimum atomic E-state index is 0.269. The van der Waals surface area contributed by atoms with Crippen LogP contribution in [0.1, 0.15) is 55.4 Å². The number of benzene rings is 2. The second-order valence-electron chi connectivity index (χ2n) is 6.22. The van der Waals surface area contributed by atoms with E-state index in [0.29, 0.717) is 19.1 Å². The van der Waals surface area contributed by atoms with Gasteiger partial charge in [0.15, 0.2) is 0 Å². The molecule has 0 amide bonds. The van der Waals surface area contributed by atoms with Gasteiger partial charge in [-0.3, -0.25) is 0 Å². The topological polar surface area (TPSA) is 38.7 Å². The molecule has 1 N–H and O–H groups in total. The summed E-state index contributed by atoms with van der Waals surface area (Å²) >= 11 is 0. The maximum absolute atomic E-state index is 10.4. The number of hydrogen-bond acceptors (Lipinski definition) is 3. The average molecular weight is 328 g/mol. The van der Waals surface area contributed by atoms with Gasteiger partial charge in [0.05, 0.1) is 6.61 Å². The van der Waals surface area contributed by atoms with E-state index in [2.05, 4.69) is 32.9 Å². The Morgan fingerprint density at radius 2 is 1.62 bits per heavy atom. The number of phenolic OH excluding ortho intramolecular Hbond substituents is 1. The van der Waals surface area contributed by atoms with Crippen molar-refractivity contribution in [2.75, 3.05) is 7.11 Å². The van der Waals surface area contributed by atoms with Gasteiger partial charge >= 0.3 is 0 Å². The Hall–Kier alpha value is -2.00. The van der Waals surface area contributed by atoms with Gasteiger partial charge in [-0.15, -0.1) is 0 Å². The molecular weight excluding hydrogens is 300 g/mol. The molecule has 0 bridgehead atoms. The molecular formula is C21H28O3. The van der Waals surface area contributed by atoms with Crippen LogP contribution in [-0.2, 0) is 24.4 Å². The van der Waals surface area contributed by atoms with E-state index in [1.807, 2.05) is 24.3 Å². The first-order chi connectivity index (χ1) is 11.6. The Labute approximate surface area is 145 Å². The van der Waals surface area contributed by atoms with Crippen LogP contribution >= 0.6 is 0 Å². The summed E-state index contributed by atoms with van der Waals surface area (Å²) in [4.78, 5) is 0. The lowest BCUT2D eigenvalue weighted by atomic mass is 9.99. The summed E-state index contributed by atoms with van der Waals surface area (Å²) in [6.07, 6.45) is 2.04. The summed E-state index contributed by atoms with van der Waals surface area (Å²) in [6.45, 7) is 7.26. The van der Waals surface area contributed by atoms with Crippen LogP contribution in [0.5, 0.6) is 11.5 Å². The van der Waals surface area contributed by atoms with Gasteiger partial charge in [0.25, 0.3) is 0 Å². The van der Waals surface area contributed by atoms with Crippen molar-refractivity contribution in [3.63, 3.8) is 0 Å². The van der Waals surface area contributed by atoms with Crippen molar-refractivity contribution in [1.29, 1.82) is 0 Å². The zero-order valence-electron chi connectivity index (χ0n) is 15.1. The lowest BCUT2D eigenvalue weighted by Gasteiger charge is -2.14. The van der Waals surface area contributed by atoms with Crippen molar-refractivity contribution in [3.8, 4) is 11.5 Å². The molecule has 0 saturated carbocycles. The summed E-state index contributed by atoms with van der Waals surface area (Å²) in [6, 6.07) is 12.2. The average Bonchev–Trinajstić information content (AvgIpc) is 2.62. The highest BCUT2D eigenvalue weighted by Crippen LogP contribution is 2.28. The molecule has 0 aliphatic heterocycles. The monoisotopic (exact) mass is 328 g/mol. The van der Waals surface area contributed by atoms with E-state index in [-0.39, 0.29) is 5.75 Å². The molecule has 0 radical (unpaired) electrons. The van der Waals surface area contributed by atoms with Crippen LogP contribution in [0, 0.1) is 0 Å². The van der Waals surface area contributed by atoms with Crippen molar-refractivity contribution >= 4 is 0 Å². The molecule has 0 heterocycles. The van der Waals surface area contributed by atoms with E-state index in [4.69, 9.17) is 9.47 Å². The van der Waals surface area contributed by atoms with Gasteiger partial charge in [-0.25, -0.2) is 0 Å². The summed E-state index contributed by atoms with van der Waals surface area (Å²) in [5.74, 6) is 1.64. The highest BCUT2D eigenvalue weighted by Gasteiger charge is 2.11. The van der Waals surface area contributed by atoms with Crippen LogP contribution < -0.4 is 4.74 Å². The van der Waals surface area contributed by atoms with Gasteiger partial charge in [0.2, 0.25) is 0 Å². The van der Waals surface area contributed by atoms with Crippen molar-refractivity contribution in [2.24, 2.45) is 0 Å². The van der Waals surface area contributed by atoms with E-state index in [9.17, 15) is 5.11 Å². The number of phenols is 1. The molecule has 0 fully saturated rings. The molecule has 0 aliphatic carbocycles. The Kier molecular flexibility index (Phi) is 6.68. The quantitative estimate of drug-likeness (QED) is 0.724. The van der Waals surface area contributed by atoms with E-state index in [1.165, 1.54) is 11.1 Å². The predicted octanol–water partition coefficient (Wildman–Crippen LogP) is 5.19. The molecule has 1 atom stereocenters. The van der Waals surface area contributed by atoms with Crippen LogP contribution in [-0.4, -0.2) is 12.2 Å². The fourth-order valence-corrected chi connectivity index (χ4v) is 2.70. The number of aromatic hydroxyl groups is 1. The lowest BCUT2D eigenvalue weighted by molar-refractivity contribution is 0.181. The van der Waals surface area contributed by atoms with E-state index in [0.717, 1.165) is 29.7 Å². The molecule has 3 nitrogen and oxygen atoms in total.